The molecule has 35 heavy (non-hydrogen) atoms. The van der Waals surface area contributed by atoms with E-state index in [1.165, 1.54) is 40.9 Å². The van der Waals surface area contributed by atoms with Crippen LogP contribution in [-0.2, 0) is 11.3 Å². The quantitative estimate of drug-likeness (QED) is 0.115. The monoisotopic (exact) mass is 539 g/mol. The number of carbonyl (C=O) groups is 1. The molecule has 0 spiro atoms. The first-order valence-corrected chi connectivity index (χ1v) is 12.3. The molecule has 1 aromatic heterocycles. The van der Waals surface area contributed by atoms with Gasteiger partial charge in [-0.25, -0.2) is 0 Å². The van der Waals surface area contributed by atoms with E-state index in [0.717, 1.165) is 22.0 Å². The predicted octanol–water partition coefficient (Wildman–Crippen LogP) is 7.31. The number of hydrogen-bond donors (Lipinski definition) is 0. The zero-order valence-electron chi connectivity index (χ0n) is 17.9. The molecule has 0 radical (unpaired) electrons. The zero-order chi connectivity index (χ0) is 24.7. The number of aromatic nitrogens is 1. The van der Waals surface area contributed by atoms with Crippen LogP contribution in [0.15, 0.2) is 77.8 Å². The highest BCUT2D eigenvalue weighted by molar-refractivity contribution is 8.27. The summed E-state index contributed by atoms with van der Waals surface area (Å²) in [6.07, 6.45) is 3.78. The van der Waals surface area contributed by atoms with Crippen LogP contribution in [0.25, 0.3) is 17.0 Å². The summed E-state index contributed by atoms with van der Waals surface area (Å²) in [7, 11) is 0. The molecule has 10 heteroatoms. The van der Waals surface area contributed by atoms with Crippen molar-refractivity contribution in [1.29, 1.82) is 0 Å². The van der Waals surface area contributed by atoms with Gasteiger partial charge in [0.25, 0.3) is 11.6 Å². The van der Waals surface area contributed by atoms with Crippen molar-refractivity contribution in [3.05, 3.63) is 109 Å². The van der Waals surface area contributed by atoms with Gasteiger partial charge in [-0.2, -0.15) is 0 Å². The van der Waals surface area contributed by atoms with Crippen molar-refractivity contribution in [2.45, 2.75) is 6.54 Å². The molecule has 0 unspecified atom stereocenters. The number of thioether (sulfide) groups is 1. The van der Waals surface area contributed by atoms with Crippen molar-refractivity contribution >= 4 is 85.8 Å². The first-order valence-electron chi connectivity index (χ1n) is 10.4. The smallest absolute Gasteiger partial charge is 0.270 e. The lowest BCUT2D eigenvalue weighted by atomic mass is 10.1. The molecule has 2 heterocycles. The second kappa shape index (κ2) is 9.47. The molecule has 6 nitrogen and oxygen atoms in total. The van der Waals surface area contributed by atoms with E-state index in [0.29, 0.717) is 31.5 Å². The van der Waals surface area contributed by atoms with Gasteiger partial charge in [0.1, 0.15) is 0 Å². The number of thiocarbonyl (C=S) groups is 1. The number of non-ortho nitro benzene ring substituents is 1. The van der Waals surface area contributed by atoms with E-state index in [2.05, 4.69) is 0 Å². The van der Waals surface area contributed by atoms with Crippen molar-refractivity contribution in [1.82, 2.24) is 4.57 Å². The van der Waals surface area contributed by atoms with Gasteiger partial charge < -0.3 is 4.57 Å². The van der Waals surface area contributed by atoms with Gasteiger partial charge in [-0.05, 0) is 36.4 Å². The molecule has 1 saturated heterocycles. The van der Waals surface area contributed by atoms with E-state index < -0.39 is 4.92 Å². The molecule has 1 fully saturated rings. The Bertz CT molecular complexity index is 1530. The Kier molecular flexibility index (Phi) is 6.37. The van der Waals surface area contributed by atoms with E-state index in [-0.39, 0.29) is 11.6 Å². The fourth-order valence-corrected chi connectivity index (χ4v) is 5.74. The van der Waals surface area contributed by atoms with Crippen LogP contribution >= 0.6 is 47.2 Å². The summed E-state index contributed by atoms with van der Waals surface area (Å²) in [4.78, 5) is 25.6. The number of rotatable bonds is 5. The molecule has 0 saturated carbocycles. The summed E-state index contributed by atoms with van der Waals surface area (Å²) in [5.41, 5.74) is 3.07. The number of carbonyl (C=O) groups excluding carboxylic acids is 1. The van der Waals surface area contributed by atoms with Gasteiger partial charge in [-0.3, -0.25) is 19.8 Å². The molecule has 5 rings (SSSR count). The van der Waals surface area contributed by atoms with Gasteiger partial charge in [0, 0.05) is 50.4 Å². The zero-order valence-corrected chi connectivity index (χ0v) is 21.0. The van der Waals surface area contributed by atoms with Crippen molar-refractivity contribution in [3.8, 4) is 0 Å². The number of amides is 1. The first kappa shape index (κ1) is 23.6. The minimum absolute atomic E-state index is 0.0545. The molecular formula is C25H15Cl2N3O3S2. The minimum Gasteiger partial charge on any atom is -0.342 e. The lowest BCUT2D eigenvalue weighted by Gasteiger charge is -2.13. The van der Waals surface area contributed by atoms with Crippen LogP contribution in [0.5, 0.6) is 0 Å². The fourth-order valence-electron chi connectivity index (χ4n) is 3.93. The predicted molar refractivity (Wildman–Crippen MR) is 146 cm³/mol. The van der Waals surface area contributed by atoms with Crippen molar-refractivity contribution in [2.75, 3.05) is 4.90 Å². The Morgan fingerprint density at radius 3 is 2.37 bits per heavy atom. The van der Waals surface area contributed by atoms with Gasteiger partial charge in [-0.15, -0.1) is 0 Å². The maximum atomic E-state index is 13.2. The number of nitro benzene ring substituents is 1. The Labute approximate surface area is 219 Å². The Hall–Kier alpha value is -3.17. The van der Waals surface area contributed by atoms with Crippen LogP contribution in [-0.4, -0.2) is 19.7 Å². The molecule has 1 amide bonds. The SMILES string of the molecule is O=C1/C(=C\c2cn(Cc3c(Cl)cccc3Cl)c3ccccc23)SC(=S)N1c1ccc([N+](=O)[O-])cc1. The van der Waals surface area contributed by atoms with Crippen LogP contribution < -0.4 is 4.90 Å². The van der Waals surface area contributed by atoms with Gasteiger partial charge in [0.15, 0.2) is 4.32 Å². The molecule has 1 aliphatic heterocycles. The van der Waals surface area contributed by atoms with Gasteiger partial charge in [0.2, 0.25) is 0 Å². The van der Waals surface area contributed by atoms with E-state index in [1.807, 2.05) is 41.1 Å². The average Bonchev–Trinajstić information content (AvgIpc) is 3.32. The third kappa shape index (κ3) is 4.46. The molecular weight excluding hydrogens is 525 g/mol. The molecule has 0 N–H and O–H groups in total. The Morgan fingerprint density at radius 1 is 1.00 bits per heavy atom. The summed E-state index contributed by atoms with van der Waals surface area (Å²) in [6, 6.07) is 19.0. The first-order chi connectivity index (χ1) is 16.8. The standard InChI is InChI=1S/C25H15Cl2N3O3S2/c26-20-5-3-6-21(27)19(20)14-28-13-15(18-4-1-2-7-22(18)28)12-23-24(31)29(25(34)35-23)16-8-10-17(11-9-16)30(32)33/h1-13H,14H2/b23-12+. The highest BCUT2D eigenvalue weighted by atomic mass is 35.5. The molecule has 1 aliphatic rings. The highest BCUT2D eigenvalue weighted by Crippen LogP contribution is 2.38. The van der Waals surface area contributed by atoms with E-state index in [9.17, 15) is 14.9 Å². The maximum absolute atomic E-state index is 13.2. The third-order valence-electron chi connectivity index (χ3n) is 5.61. The Morgan fingerprint density at radius 2 is 1.69 bits per heavy atom. The largest absolute Gasteiger partial charge is 0.342 e. The van der Waals surface area contributed by atoms with E-state index >= 15 is 0 Å². The number of nitro groups is 1. The number of nitrogens with zero attached hydrogens (tertiary/aromatic N) is 3. The second-order valence-corrected chi connectivity index (χ2v) is 10.2. The lowest BCUT2D eigenvalue weighted by Crippen LogP contribution is -2.27. The summed E-state index contributed by atoms with van der Waals surface area (Å²) in [5.74, 6) is -0.278. The highest BCUT2D eigenvalue weighted by Gasteiger charge is 2.33. The van der Waals surface area contributed by atoms with E-state index in [4.69, 9.17) is 35.4 Å². The van der Waals surface area contributed by atoms with Crippen molar-refractivity contribution in [2.24, 2.45) is 0 Å². The topological polar surface area (TPSA) is 68.4 Å². The van der Waals surface area contributed by atoms with Gasteiger partial charge in [0.05, 0.1) is 22.1 Å². The van der Waals surface area contributed by atoms with Gasteiger partial charge in [-0.1, -0.05) is 71.4 Å². The molecule has 174 valence electrons. The number of halogens is 2. The van der Waals surface area contributed by atoms with Crippen LogP contribution in [0.2, 0.25) is 10.0 Å². The van der Waals surface area contributed by atoms with Gasteiger partial charge >= 0.3 is 0 Å². The summed E-state index contributed by atoms with van der Waals surface area (Å²) in [6.45, 7) is 0.469. The van der Waals surface area contributed by atoms with Crippen LogP contribution in [0.1, 0.15) is 11.1 Å². The Balaban J connectivity index is 1.51. The van der Waals surface area contributed by atoms with Crippen LogP contribution in [0, 0.1) is 10.1 Å². The van der Waals surface area contributed by atoms with E-state index in [1.54, 1.807) is 18.2 Å². The number of hydrogen-bond acceptors (Lipinski definition) is 5. The molecule has 0 atom stereocenters. The molecule has 3 aromatic carbocycles. The fraction of sp³-hybridized carbons (Fsp3) is 0.0400. The van der Waals surface area contributed by atoms with Crippen LogP contribution in [0.4, 0.5) is 11.4 Å². The number of anilines is 1. The molecule has 0 aliphatic carbocycles. The van der Waals surface area contributed by atoms with Crippen molar-refractivity contribution in [3.63, 3.8) is 0 Å². The second-order valence-electron chi connectivity index (χ2n) is 7.72. The molecule has 4 aromatic rings. The van der Waals surface area contributed by atoms with Crippen LogP contribution in [0.3, 0.4) is 0 Å². The summed E-state index contributed by atoms with van der Waals surface area (Å²) < 4.78 is 2.41. The number of fused-ring (bicyclic) bond motifs is 1. The number of benzene rings is 3. The third-order valence-corrected chi connectivity index (χ3v) is 7.62. The normalized spacial score (nSPS) is 14.9. The minimum atomic E-state index is -0.487. The molecule has 0 bridgehead atoms. The summed E-state index contributed by atoms with van der Waals surface area (Å²) >= 11 is 19.4. The summed E-state index contributed by atoms with van der Waals surface area (Å²) in [5, 5.41) is 13.1. The average molecular weight is 540 g/mol. The lowest BCUT2D eigenvalue weighted by molar-refractivity contribution is -0.384. The van der Waals surface area contributed by atoms with Crippen molar-refractivity contribution < 1.29 is 9.72 Å². The number of para-hydroxylation sites is 1. The maximum Gasteiger partial charge on any atom is 0.270 e.